The number of carbonyl (C=O) groups excluding carboxylic acids is 1. The van der Waals surface area contributed by atoms with Crippen LogP contribution in [-0.2, 0) is 6.42 Å². The molecule has 3 aromatic rings. The molecule has 0 aliphatic carbocycles. The predicted octanol–water partition coefficient (Wildman–Crippen LogP) is 1.73. The molecule has 1 N–H and O–H groups in total. The summed E-state index contributed by atoms with van der Waals surface area (Å²) >= 11 is 0. The summed E-state index contributed by atoms with van der Waals surface area (Å²) in [5, 5.41) is 14.2. The minimum Gasteiger partial charge on any atom is -0.339 e. The molecule has 3 rings (SSSR count). The van der Waals surface area contributed by atoms with Gasteiger partial charge in [-0.25, -0.2) is 4.98 Å². The maximum Gasteiger partial charge on any atom is 0.270 e. The van der Waals surface area contributed by atoms with Crippen molar-refractivity contribution in [3.63, 3.8) is 0 Å². The molecule has 3 aromatic heterocycles. The fraction of sp³-hybridized carbons (Fsp3) is 0.375. The third kappa shape index (κ3) is 4.06. The summed E-state index contributed by atoms with van der Waals surface area (Å²) in [7, 11) is 0. The van der Waals surface area contributed by atoms with E-state index in [1.54, 1.807) is 29.7 Å². The molecule has 0 fully saturated rings. The lowest BCUT2D eigenvalue weighted by Gasteiger charge is -2.10. The van der Waals surface area contributed by atoms with Gasteiger partial charge in [0.1, 0.15) is 30.2 Å². The van der Waals surface area contributed by atoms with Gasteiger partial charge in [0.2, 0.25) is 5.89 Å². The van der Waals surface area contributed by atoms with Gasteiger partial charge in [-0.3, -0.25) is 9.36 Å². The topological polar surface area (TPSA) is 112 Å². The zero-order chi connectivity index (χ0) is 17.8. The van der Waals surface area contributed by atoms with Crippen LogP contribution in [0.2, 0.25) is 0 Å². The third-order valence-electron chi connectivity index (χ3n) is 3.44. The van der Waals surface area contributed by atoms with E-state index in [9.17, 15) is 4.79 Å². The van der Waals surface area contributed by atoms with E-state index >= 15 is 0 Å². The summed E-state index contributed by atoms with van der Waals surface area (Å²) in [6.45, 7) is 5.94. The average Bonchev–Trinajstić information content (AvgIpc) is 3.26. The molecule has 1 amide bonds. The van der Waals surface area contributed by atoms with Crippen molar-refractivity contribution in [2.75, 3.05) is 0 Å². The van der Waals surface area contributed by atoms with E-state index in [-0.39, 0.29) is 11.6 Å². The highest BCUT2D eigenvalue weighted by atomic mass is 16.5. The highest BCUT2D eigenvalue weighted by Crippen LogP contribution is 2.13. The molecule has 0 saturated carbocycles. The van der Waals surface area contributed by atoms with Gasteiger partial charge in [-0.1, -0.05) is 25.1 Å². The van der Waals surface area contributed by atoms with Crippen LogP contribution in [0, 0.1) is 5.92 Å². The number of carbonyl (C=O) groups is 1. The van der Waals surface area contributed by atoms with Crippen molar-refractivity contribution in [2.24, 2.45) is 5.92 Å². The van der Waals surface area contributed by atoms with Gasteiger partial charge < -0.3 is 9.84 Å². The van der Waals surface area contributed by atoms with Gasteiger partial charge in [-0.2, -0.15) is 4.98 Å². The summed E-state index contributed by atoms with van der Waals surface area (Å²) in [6, 6.07) is 4.73. The minimum absolute atomic E-state index is 0.278. The first kappa shape index (κ1) is 16.7. The van der Waals surface area contributed by atoms with Gasteiger partial charge in [0, 0.05) is 6.42 Å². The molecule has 1 atom stereocenters. The quantitative estimate of drug-likeness (QED) is 0.726. The van der Waals surface area contributed by atoms with Gasteiger partial charge in [-0.15, -0.1) is 10.2 Å². The molecule has 130 valence electrons. The first-order valence-corrected chi connectivity index (χ1v) is 7.98. The van der Waals surface area contributed by atoms with Crippen LogP contribution in [0.1, 0.15) is 49.0 Å². The highest BCUT2D eigenvalue weighted by molar-refractivity contribution is 5.92. The predicted molar refractivity (Wildman–Crippen MR) is 87.9 cm³/mol. The first-order chi connectivity index (χ1) is 12.0. The summed E-state index contributed by atoms with van der Waals surface area (Å²) in [6.07, 6.45) is 3.76. The Labute approximate surface area is 144 Å². The summed E-state index contributed by atoms with van der Waals surface area (Å²) in [5.74, 6) is 1.67. The number of nitrogens with one attached hydrogen (secondary N) is 1. The normalized spacial score (nSPS) is 12.3. The Hall–Kier alpha value is -3.10. The Morgan fingerprint density at radius 1 is 1.20 bits per heavy atom. The maximum absolute atomic E-state index is 12.4. The van der Waals surface area contributed by atoms with Crippen molar-refractivity contribution in [3.05, 3.63) is 48.3 Å². The molecule has 9 heteroatoms. The van der Waals surface area contributed by atoms with Gasteiger partial charge in [0.25, 0.3) is 5.91 Å². The zero-order valence-electron chi connectivity index (χ0n) is 14.2. The number of hydrogen-bond acceptors (Lipinski definition) is 7. The van der Waals surface area contributed by atoms with Crippen molar-refractivity contribution in [1.29, 1.82) is 0 Å². The Balaban J connectivity index is 1.69. The second kappa shape index (κ2) is 7.20. The van der Waals surface area contributed by atoms with E-state index in [2.05, 4.69) is 44.5 Å². The van der Waals surface area contributed by atoms with E-state index < -0.39 is 6.04 Å². The Morgan fingerprint density at radius 3 is 2.68 bits per heavy atom. The molecule has 0 aromatic carbocycles. The van der Waals surface area contributed by atoms with Crippen LogP contribution in [0.3, 0.4) is 0 Å². The van der Waals surface area contributed by atoms with Gasteiger partial charge >= 0.3 is 0 Å². The smallest absolute Gasteiger partial charge is 0.270 e. The van der Waals surface area contributed by atoms with Crippen LogP contribution in [-0.4, -0.2) is 35.8 Å². The van der Waals surface area contributed by atoms with E-state index in [1.807, 2.05) is 0 Å². The van der Waals surface area contributed by atoms with E-state index in [0.717, 1.165) is 6.42 Å². The van der Waals surface area contributed by atoms with Gasteiger partial charge in [0.05, 0.1) is 0 Å². The van der Waals surface area contributed by atoms with E-state index in [0.29, 0.717) is 23.5 Å². The minimum atomic E-state index is -0.415. The molecular formula is C16H19N7O2. The summed E-state index contributed by atoms with van der Waals surface area (Å²) in [5.41, 5.74) is 0.278. The lowest BCUT2D eigenvalue weighted by molar-refractivity contribution is 0.0927. The standard InChI is InChI=1S/C16H19N7O2/c1-10(2)7-13-21-16(25-22-13)11(3)19-15(24)12-5-4-6-14(20-12)23-8-17-18-9-23/h4-6,8-11H,7H2,1-3H3,(H,19,24)/t11-/m1/s1. The molecular weight excluding hydrogens is 322 g/mol. The van der Waals surface area contributed by atoms with Crippen molar-refractivity contribution in [3.8, 4) is 5.82 Å². The van der Waals surface area contributed by atoms with Crippen molar-refractivity contribution >= 4 is 5.91 Å². The fourth-order valence-corrected chi connectivity index (χ4v) is 2.24. The van der Waals surface area contributed by atoms with Crippen LogP contribution in [0.25, 0.3) is 5.82 Å². The Bertz CT molecular complexity index is 842. The lowest BCUT2D eigenvalue weighted by Crippen LogP contribution is -2.28. The number of aromatic nitrogens is 6. The van der Waals surface area contributed by atoms with Crippen molar-refractivity contribution in [2.45, 2.75) is 33.2 Å². The van der Waals surface area contributed by atoms with E-state index in [4.69, 9.17) is 4.52 Å². The molecule has 0 spiro atoms. The molecule has 0 radical (unpaired) electrons. The van der Waals surface area contributed by atoms with Gasteiger partial charge in [0.15, 0.2) is 5.82 Å². The first-order valence-electron chi connectivity index (χ1n) is 7.98. The molecule has 0 aliphatic rings. The Kier molecular flexibility index (Phi) is 4.82. The van der Waals surface area contributed by atoms with E-state index in [1.165, 1.54) is 12.7 Å². The summed E-state index contributed by atoms with van der Waals surface area (Å²) < 4.78 is 6.85. The van der Waals surface area contributed by atoms with Crippen LogP contribution >= 0.6 is 0 Å². The monoisotopic (exact) mass is 341 g/mol. The molecule has 9 nitrogen and oxygen atoms in total. The SMILES string of the molecule is CC(C)Cc1noc([C@@H](C)NC(=O)c2cccc(-n3cnnc3)n2)n1. The number of rotatable bonds is 6. The van der Waals surface area contributed by atoms with Crippen LogP contribution < -0.4 is 5.32 Å². The molecule has 0 unspecified atom stereocenters. The number of nitrogens with zero attached hydrogens (tertiary/aromatic N) is 6. The fourth-order valence-electron chi connectivity index (χ4n) is 2.24. The second-order valence-corrected chi connectivity index (χ2v) is 6.09. The highest BCUT2D eigenvalue weighted by Gasteiger charge is 2.19. The lowest BCUT2D eigenvalue weighted by atomic mass is 10.1. The molecule has 0 saturated heterocycles. The van der Waals surface area contributed by atoms with Crippen LogP contribution in [0.15, 0.2) is 35.4 Å². The largest absolute Gasteiger partial charge is 0.339 e. The number of pyridine rings is 1. The molecule has 3 heterocycles. The zero-order valence-corrected chi connectivity index (χ0v) is 14.2. The molecule has 0 aliphatic heterocycles. The summed E-state index contributed by atoms with van der Waals surface area (Å²) in [4.78, 5) is 21.1. The van der Waals surface area contributed by atoms with Crippen LogP contribution in [0.4, 0.5) is 0 Å². The van der Waals surface area contributed by atoms with Crippen molar-refractivity contribution < 1.29 is 9.32 Å². The van der Waals surface area contributed by atoms with Gasteiger partial charge in [-0.05, 0) is 25.0 Å². The number of amides is 1. The number of hydrogen-bond donors (Lipinski definition) is 1. The molecule has 25 heavy (non-hydrogen) atoms. The average molecular weight is 341 g/mol. The second-order valence-electron chi connectivity index (χ2n) is 6.09. The Morgan fingerprint density at radius 2 is 1.96 bits per heavy atom. The maximum atomic E-state index is 12.4. The third-order valence-corrected chi connectivity index (χ3v) is 3.44. The molecule has 0 bridgehead atoms. The van der Waals surface area contributed by atoms with Crippen LogP contribution in [0.5, 0.6) is 0 Å². The van der Waals surface area contributed by atoms with Crippen molar-refractivity contribution in [1.82, 2.24) is 35.2 Å².